The van der Waals surface area contributed by atoms with Crippen LogP contribution in [0.1, 0.15) is 24.1 Å². The summed E-state index contributed by atoms with van der Waals surface area (Å²) < 4.78 is 11.1. The van der Waals surface area contributed by atoms with Crippen LogP contribution in [0, 0.1) is 0 Å². The molecule has 1 aromatic heterocycles. The van der Waals surface area contributed by atoms with Crippen LogP contribution in [-0.4, -0.2) is 12.1 Å². The second-order valence-electron chi connectivity index (χ2n) is 6.11. The first-order chi connectivity index (χ1) is 11.7. The fourth-order valence-corrected chi connectivity index (χ4v) is 3.28. The first-order valence-electron chi connectivity index (χ1n) is 8.27. The molecule has 0 bridgehead atoms. The van der Waals surface area contributed by atoms with Gasteiger partial charge >= 0.3 is 0 Å². The number of hydrogen-bond acceptors (Lipinski definition) is 4. The van der Waals surface area contributed by atoms with Crippen molar-refractivity contribution in [2.75, 3.05) is 12.8 Å². The van der Waals surface area contributed by atoms with Gasteiger partial charge < -0.3 is 15.2 Å². The summed E-state index contributed by atoms with van der Waals surface area (Å²) in [5.74, 6) is 2.33. The van der Waals surface area contributed by atoms with Gasteiger partial charge in [-0.05, 0) is 73.7 Å². The molecule has 2 aromatic carbocycles. The molecule has 1 aliphatic carbocycles. The maximum Gasteiger partial charge on any atom is 0.128 e. The first-order valence-corrected chi connectivity index (χ1v) is 8.27. The maximum atomic E-state index is 6.43. The summed E-state index contributed by atoms with van der Waals surface area (Å²) in [6.07, 6.45) is 4.43. The second kappa shape index (κ2) is 7.19. The van der Waals surface area contributed by atoms with Crippen molar-refractivity contribution in [2.45, 2.75) is 25.7 Å². The van der Waals surface area contributed by atoms with Gasteiger partial charge in [0.05, 0.1) is 12.6 Å². The zero-order valence-electron chi connectivity index (χ0n) is 14.1. The second-order valence-corrected chi connectivity index (χ2v) is 6.11. The minimum absolute atomic E-state index is 0. The predicted molar refractivity (Wildman–Crippen MR) is 103 cm³/mol. The highest BCUT2D eigenvalue weighted by Crippen LogP contribution is 2.34. The van der Waals surface area contributed by atoms with E-state index in [2.05, 4.69) is 0 Å². The van der Waals surface area contributed by atoms with Gasteiger partial charge in [0.2, 0.25) is 0 Å². The quantitative estimate of drug-likeness (QED) is 0.723. The number of benzene rings is 2. The fourth-order valence-electron chi connectivity index (χ4n) is 3.28. The van der Waals surface area contributed by atoms with Crippen LogP contribution < -0.4 is 15.2 Å². The molecular formula is C20H21ClN2O2. The van der Waals surface area contributed by atoms with E-state index in [9.17, 15) is 0 Å². The van der Waals surface area contributed by atoms with Gasteiger partial charge in [-0.1, -0.05) is 0 Å². The highest BCUT2D eigenvalue weighted by molar-refractivity contribution is 5.93. The topological polar surface area (TPSA) is 57.4 Å². The monoisotopic (exact) mass is 356 g/mol. The number of aryl methyl sites for hydroxylation is 1. The summed E-state index contributed by atoms with van der Waals surface area (Å²) in [6, 6.07) is 13.4. The van der Waals surface area contributed by atoms with Crippen LogP contribution in [0.4, 0.5) is 5.69 Å². The van der Waals surface area contributed by atoms with Gasteiger partial charge in [-0.2, -0.15) is 0 Å². The van der Waals surface area contributed by atoms with Crippen LogP contribution in [0.25, 0.3) is 10.9 Å². The molecule has 2 N–H and O–H groups in total. The number of fused-ring (bicyclic) bond motifs is 2. The first kappa shape index (κ1) is 17.4. The molecule has 0 saturated carbocycles. The van der Waals surface area contributed by atoms with Crippen LogP contribution in [-0.2, 0) is 12.8 Å². The molecular weight excluding hydrogens is 336 g/mol. The number of methoxy groups -OCH3 is 1. The molecule has 0 atom stereocenters. The van der Waals surface area contributed by atoms with E-state index in [1.807, 2.05) is 42.5 Å². The SMILES string of the molecule is COc1ccc(Oc2ccc3nc4c(c(N)c3c2)CCCC4)cc1.Cl. The zero-order chi connectivity index (χ0) is 16.5. The molecule has 0 spiro atoms. The summed E-state index contributed by atoms with van der Waals surface area (Å²) in [6.45, 7) is 0. The molecule has 0 amide bonds. The lowest BCUT2D eigenvalue weighted by Crippen LogP contribution is -2.09. The fraction of sp³-hybridized carbons (Fsp3) is 0.250. The largest absolute Gasteiger partial charge is 0.497 e. The van der Waals surface area contributed by atoms with E-state index in [-0.39, 0.29) is 12.4 Å². The van der Waals surface area contributed by atoms with Gasteiger partial charge in [0, 0.05) is 16.8 Å². The van der Waals surface area contributed by atoms with Crippen LogP contribution in [0.3, 0.4) is 0 Å². The Labute approximate surface area is 153 Å². The van der Waals surface area contributed by atoms with E-state index < -0.39 is 0 Å². The molecule has 0 saturated heterocycles. The number of nitrogen functional groups attached to an aromatic ring is 1. The van der Waals surface area contributed by atoms with E-state index in [1.165, 1.54) is 18.4 Å². The van der Waals surface area contributed by atoms with E-state index in [0.29, 0.717) is 0 Å². The minimum atomic E-state index is 0. The Balaban J connectivity index is 0.00000182. The van der Waals surface area contributed by atoms with Gasteiger partial charge in [0.15, 0.2) is 0 Å². The molecule has 0 fully saturated rings. The normalized spacial score (nSPS) is 13.0. The number of halogens is 1. The van der Waals surface area contributed by atoms with Crippen LogP contribution in [0.15, 0.2) is 42.5 Å². The Hall–Kier alpha value is -2.46. The molecule has 0 aliphatic heterocycles. The summed E-state index contributed by atoms with van der Waals surface area (Å²) >= 11 is 0. The van der Waals surface area contributed by atoms with Crippen molar-refractivity contribution < 1.29 is 9.47 Å². The van der Waals surface area contributed by atoms with E-state index in [1.54, 1.807) is 7.11 Å². The van der Waals surface area contributed by atoms with Crippen LogP contribution in [0.5, 0.6) is 17.2 Å². The lowest BCUT2D eigenvalue weighted by Gasteiger charge is -2.18. The number of hydrogen-bond donors (Lipinski definition) is 1. The molecule has 4 rings (SSSR count). The molecule has 5 heteroatoms. The Kier molecular flexibility index (Phi) is 5.00. The summed E-state index contributed by atoms with van der Waals surface area (Å²) in [5, 5.41) is 0.974. The molecule has 1 aliphatic rings. The van der Waals surface area contributed by atoms with Crippen molar-refractivity contribution in [3.63, 3.8) is 0 Å². The highest BCUT2D eigenvalue weighted by atomic mass is 35.5. The maximum absolute atomic E-state index is 6.43. The molecule has 3 aromatic rings. The lowest BCUT2D eigenvalue weighted by molar-refractivity contribution is 0.413. The van der Waals surface area contributed by atoms with Crippen molar-refractivity contribution in [3.05, 3.63) is 53.7 Å². The van der Waals surface area contributed by atoms with Gasteiger partial charge in [0.25, 0.3) is 0 Å². The van der Waals surface area contributed by atoms with Crippen molar-refractivity contribution in [2.24, 2.45) is 0 Å². The number of nitrogens with two attached hydrogens (primary N) is 1. The van der Waals surface area contributed by atoms with E-state index >= 15 is 0 Å². The third kappa shape index (κ3) is 3.35. The third-order valence-corrected chi connectivity index (χ3v) is 4.57. The number of pyridine rings is 1. The summed E-state index contributed by atoms with van der Waals surface area (Å²) in [7, 11) is 1.65. The summed E-state index contributed by atoms with van der Waals surface area (Å²) in [5.41, 5.74) is 10.6. The van der Waals surface area contributed by atoms with Crippen LogP contribution >= 0.6 is 12.4 Å². The lowest BCUT2D eigenvalue weighted by atomic mass is 9.93. The Morgan fingerprint density at radius 1 is 0.920 bits per heavy atom. The summed E-state index contributed by atoms with van der Waals surface area (Å²) in [4.78, 5) is 4.80. The predicted octanol–water partition coefficient (Wildman–Crippen LogP) is 4.92. The molecule has 0 unspecified atom stereocenters. The van der Waals surface area contributed by atoms with Crippen molar-refractivity contribution in [1.82, 2.24) is 4.98 Å². The molecule has 130 valence electrons. The number of nitrogens with zero attached hydrogens (tertiary/aromatic N) is 1. The van der Waals surface area contributed by atoms with Crippen molar-refractivity contribution >= 4 is 29.0 Å². The highest BCUT2D eigenvalue weighted by Gasteiger charge is 2.16. The number of ether oxygens (including phenoxy) is 2. The van der Waals surface area contributed by atoms with E-state index in [0.717, 1.165) is 52.4 Å². The number of rotatable bonds is 3. The van der Waals surface area contributed by atoms with Crippen molar-refractivity contribution in [3.8, 4) is 17.2 Å². The molecule has 25 heavy (non-hydrogen) atoms. The van der Waals surface area contributed by atoms with Gasteiger partial charge in [-0.3, -0.25) is 4.98 Å². The van der Waals surface area contributed by atoms with E-state index in [4.69, 9.17) is 20.2 Å². The number of aromatic nitrogens is 1. The Morgan fingerprint density at radius 3 is 2.36 bits per heavy atom. The average Bonchev–Trinajstić information content (AvgIpc) is 2.63. The molecule has 1 heterocycles. The molecule has 4 nitrogen and oxygen atoms in total. The zero-order valence-corrected chi connectivity index (χ0v) is 14.9. The Morgan fingerprint density at radius 2 is 1.60 bits per heavy atom. The average molecular weight is 357 g/mol. The number of anilines is 1. The van der Waals surface area contributed by atoms with Crippen LogP contribution in [0.2, 0.25) is 0 Å². The molecule has 0 radical (unpaired) electrons. The smallest absolute Gasteiger partial charge is 0.128 e. The van der Waals surface area contributed by atoms with Gasteiger partial charge in [-0.25, -0.2) is 0 Å². The third-order valence-electron chi connectivity index (χ3n) is 4.57. The van der Waals surface area contributed by atoms with Gasteiger partial charge in [0.1, 0.15) is 17.2 Å². The Bertz CT molecular complexity index is 894. The standard InChI is InChI=1S/C20H20N2O2.ClH/c1-23-13-6-8-14(9-7-13)24-15-10-11-19-17(12-15)20(21)16-4-2-3-5-18(16)22-19;/h6-12H,2-5H2,1H3,(H2,21,22);1H. The van der Waals surface area contributed by atoms with Crippen molar-refractivity contribution in [1.29, 1.82) is 0 Å². The minimum Gasteiger partial charge on any atom is -0.497 e. The van der Waals surface area contributed by atoms with Gasteiger partial charge in [-0.15, -0.1) is 12.4 Å².